The second kappa shape index (κ2) is 14.1. The first-order valence-electron chi connectivity index (χ1n) is 16.3. The van der Waals surface area contributed by atoms with Crippen molar-refractivity contribution >= 4 is 35.0 Å². The maximum Gasteiger partial charge on any atom is 0.238 e. The summed E-state index contributed by atoms with van der Waals surface area (Å²) in [5, 5.41) is 35.9. The Balaban J connectivity index is 1.36. The lowest BCUT2D eigenvalue weighted by atomic mass is 9.66. The van der Waals surface area contributed by atoms with Crippen LogP contribution in [0.15, 0.2) is 83.4 Å². The van der Waals surface area contributed by atoms with Gasteiger partial charge in [-0.15, -0.1) is 0 Å². The van der Waals surface area contributed by atoms with E-state index in [0.29, 0.717) is 30.7 Å². The Bertz CT molecular complexity index is 1620. The number of benzene rings is 3. The Kier molecular flexibility index (Phi) is 10.1. The molecule has 2 aliphatic rings. The van der Waals surface area contributed by atoms with E-state index in [-0.39, 0.29) is 24.3 Å². The Morgan fingerprint density at radius 2 is 1.61 bits per heavy atom. The minimum absolute atomic E-state index is 0.0454. The molecule has 0 spiro atoms. The molecule has 0 bridgehead atoms. The van der Waals surface area contributed by atoms with Crippen LogP contribution in [0.1, 0.15) is 63.1 Å². The van der Waals surface area contributed by atoms with Crippen LogP contribution in [0.4, 0.5) is 17.1 Å². The van der Waals surface area contributed by atoms with Gasteiger partial charge in [-0.2, -0.15) is 0 Å². The molecule has 0 unspecified atom stereocenters. The summed E-state index contributed by atoms with van der Waals surface area (Å²) in [5.74, 6) is -2.16. The predicted octanol–water partition coefficient (Wildman–Crippen LogP) is 7.46. The van der Waals surface area contributed by atoms with Crippen molar-refractivity contribution in [2.45, 2.75) is 66.4 Å². The second-order valence-corrected chi connectivity index (χ2v) is 13.0. The molecule has 7 nitrogen and oxygen atoms in total. The summed E-state index contributed by atoms with van der Waals surface area (Å²) in [5.41, 5.74) is 7.77. The number of aliphatic hydroxyl groups is 2. The number of para-hydroxylation sites is 1. The first-order chi connectivity index (χ1) is 22.0. The van der Waals surface area contributed by atoms with Crippen molar-refractivity contribution in [3.8, 4) is 5.75 Å². The van der Waals surface area contributed by atoms with Gasteiger partial charge in [0.05, 0.1) is 30.2 Å². The van der Waals surface area contributed by atoms with E-state index in [1.807, 2.05) is 82.3 Å². The summed E-state index contributed by atoms with van der Waals surface area (Å²) in [6.07, 6.45) is 3.54. The molecular weight excluding hydrogens is 576 g/mol. The predicted molar refractivity (Wildman–Crippen MR) is 184 cm³/mol. The lowest BCUT2D eigenvalue weighted by Gasteiger charge is -2.38. The fourth-order valence-electron chi connectivity index (χ4n) is 7.22. The zero-order valence-corrected chi connectivity index (χ0v) is 27.5. The van der Waals surface area contributed by atoms with Crippen molar-refractivity contribution in [3.63, 3.8) is 0 Å². The summed E-state index contributed by atoms with van der Waals surface area (Å²) >= 11 is 0. The highest BCUT2D eigenvalue weighted by molar-refractivity contribution is 6.22. The van der Waals surface area contributed by atoms with E-state index in [1.54, 1.807) is 12.1 Å². The topological polar surface area (TPSA) is 110 Å². The number of hydrogen-bond acceptors (Lipinski definition) is 6. The molecule has 46 heavy (non-hydrogen) atoms. The maximum atomic E-state index is 14.0. The molecule has 1 aliphatic carbocycles. The number of aliphatic hydroxyl groups excluding tert-OH is 2. The SMILES string of the molecule is CC/C(=C\c1cc(C)c(O)c(C)c1)CC[C@@H](O)C1=C(C(C)C)C[C@H]2C(=O)N(c3ccc(Nc4ccccc4)cc3)C(=O)[C@H]2[C@H]1CO. The van der Waals surface area contributed by atoms with E-state index in [9.17, 15) is 24.9 Å². The van der Waals surface area contributed by atoms with Crippen LogP contribution < -0.4 is 10.2 Å². The smallest absolute Gasteiger partial charge is 0.238 e. The highest BCUT2D eigenvalue weighted by atomic mass is 16.3. The molecule has 0 radical (unpaired) electrons. The first kappa shape index (κ1) is 33.2. The van der Waals surface area contributed by atoms with Crippen LogP contribution in [0.25, 0.3) is 6.08 Å². The number of nitrogens with one attached hydrogen (secondary N) is 1. The minimum Gasteiger partial charge on any atom is -0.507 e. The number of aromatic hydroxyl groups is 1. The second-order valence-electron chi connectivity index (χ2n) is 13.0. The lowest BCUT2D eigenvalue weighted by Crippen LogP contribution is -2.39. The number of rotatable bonds is 11. The zero-order chi connectivity index (χ0) is 33.1. The third-order valence-electron chi connectivity index (χ3n) is 9.64. The first-order valence-corrected chi connectivity index (χ1v) is 16.3. The molecule has 242 valence electrons. The van der Waals surface area contributed by atoms with Gasteiger partial charge in [0, 0.05) is 17.3 Å². The van der Waals surface area contributed by atoms with E-state index in [2.05, 4.69) is 18.3 Å². The Hall–Kier alpha value is -4.20. The van der Waals surface area contributed by atoms with Gasteiger partial charge in [-0.05, 0) is 116 Å². The van der Waals surface area contributed by atoms with E-state index in [1.165, 1.54) is 4.90 Å². The lowest BCUT2D eigenvalue weighted by molar-refractivity contribution is -0.123. The van der Waals surface area contributed by atoms with Crippen LogP contribution in [0.2, 0.25) is 0 Å². The molecule has 0 aromatic heterocycles. The third kappa shape index (κ3) is 6.67. The summed E-state index contributed by atoms with van der Waals surface area (Å²) in [4.78, 5) is 29.1. The molecule has 1 saturated heterocycles. The van der Waals surface area contributed by atoms with Gasteiger partial charge in [-0.25, -0.2) is 0 Å². The molecule has 1 fully saturated rings. The number of phenols is 1. The quantitative estimate of drug-likeness (QED) is 0.131. The van der Waals surface area contributed by atoms with Gasteiger partial charge >= 0.3 is 0 Å². The molecule has 0 saturated carbocycles. The number of carbonyl (C=O) groups is 2. The van der Waals surface area contributed by atoms with Crippen LogP contribution in [-0.4, -0.2) is 39.8 Å². The number of aryl methyl sites for hydroxylation is 2. The molecule has 7 heteroatoms. The van der Waals surface area contributed by atoms with Crippen molar-refractivity contribution in [1.29, 1.82) is 0 Å². The monoisotopic (exact) mass is 622 g/mol. The van der Waals surface area contributed by atoms with E-state index in [4.69, 9.17) is 0 Å². The average Bonchev–Trinajstić information content (AvgIpc) is 3.30. The number of nitrogens with zero attached hydrogens (tertiary/aromatic N) is 1. The highest BCUT2D eigenvalue weighted by Crippen LogP contribution is 2.49. The number of hydrogen-bond donors (Lipinski definition) is 4. The normalized spacial score (nSPS) is 20.8. The highest BCUT2D eigenvalue weighted by Gasteiger charge is 2.55. The number of amides is 2. The molecule has 3 aromatic carbocycles. The fraction of sp³-hybridized carbons (Fsp3) is 0.385. The summed E-state index contributed by atoms with van der Waals surface area (Å²) in [6.45, 7) is 9.62. The van der Waals surface area contributed by atoms with Crippen molar-refractivity contribution < 1.29 is 24.9 Å². The number of anilines is 3. The number of fused-ring (bicyclic) bond motifs is 1. The van der Waals surface area contributed by atoms with Gasteiger partial charge in [0.2, 0.25) is 11.8 Å². The Morgan fingerprint density at radius 3 is 2.20 bits per heavy atom. The molecule has 4 N–H and O–H groups in total. The molecule has 3 aromatic rings. The van der Waals surface area contributed by atoms with Crippen molar-refractivity contribution in [1.82, 2.24) is 0 Å². The maximum absolute atomic E-state index is 14.0. The zero-order valence-electron chi connectivity index (χ0n) is 27.5. The minimum atomic E-state index is -0.853. The Labute approximate surface area is 272 Å². The molecule has 5 rings (SSSR count). The summed E-state index contributed by atoms with van der Waals surface area (Å²) in [7, 11) is 0. The van der Waals surface area contributed by atoms with Gasteiger partial charge in [0.25, 0.3) is 0 Å². The van der Waals surface area contributed by atoms with Gasteiger partial charge in [0.15, 0.2) is 0 Å². The molecular formula is C39H46N2O5. The summed E-state index contributed by atoms with van der Waals surface area (Å²) < 4.78 is 0. The Morgan fingerprint density at radius 1 is 0.978 bits per heavy atom. The fourth-order valence-corrected chi connectivity index (χ4v) is 7.22. The standard InChI is InChI=1S/C39H46N2O5/c1-6-26(20-27-18-24(4)37(44)25(5)19-27)12-17-34(43)35-31(23(2)3)21-32-36(33(35)22-42)39(46)41(38(32)45)30-15-13-29(14-16-30)40-28-10-8-7-9-11-28/h7-11,13-16,18-20,23,32-34,36,40,42-44H,6,12,17,21-22H2,1-5H3/b26-20+/t32-,33+,34-,36-/m1/s1. The number of phenolic OH excluding ortho intramolecular Hbond substituents is 1. The van der Waals surface area contributed by atoms with Crippen molar-refractivity contribution in [3.05, 3.63) is 100 Å². The van der Waals surface area contributed by atoms with Crippen LogP contribution in [0, 0.1) is 37.5 Å². The summed E-state index contributed by atoms with van der Waals surface area (Å²) in [6, 6.07) is 20.9. The van der Waals surface area contributed by atoms with Crippen LogP contribution >= 0.6 is 0 Å². The molecule has 1 aliphatic heterocycles. The van der Waals surface area contributed by atoms with E-state index in [0.717, 1.165) is 51.2 Å². The number of allylic oxidation sites excluding steroid dienone is 2. The van der Waals surface area contributed by atoms with E-state index >= 15 is 0 Å². The van der Waals surface area contributed by atoms with Crippen LogP contribution in [0.3, 0.4) is 0 Å². The van der Waals surface area contributed by atoms with Gasteiger partial charge < -0.3 is 20.6 Å². The number of imide groups is 1. The molecule has 4 atom stereocenters. The largest absolute Gasteiger partial charge is 0.507 e. The van der Waals surface area contributed by atoms with Gasteiger partial charge in [0.1, 0.15) is 5.75 Å². The third-order valence-corrected chi connectivity index (χ3v) is 9.64. The number of carbonyl (C=O) groups excluding carboxylic acids is 2. The van der Waals surface area contributed by atoms with Gasteiger partial charge in [-0.3, -0.25) is 14.5 Å². The molecule has 1 heterocycles. The van der Waals surface area contributed by atoms with E-state index < -0.39 is 23.9 Å². The van der Waals surface area contributed by atoms with Crippen LogP contribution in [-0.2, 0) is 9.59 Å². The van der Waals surface area contributed by atoms with Crippen molar-refractivity contribution in [2.24, 2.45) is 23.7 Å². The molecule has 2 amide bonds. The average molecular weight is 623 g/mol. The van der Waals surface area contributed by atoms with Crippen molar-refractivity contribution in [2.75, 3.05) is 16.8 Å². The van der Waals surface area contributed by atoms with Crippen LogP contribution in [0.5, 0.6) is 5.75 Å². The van der Waals surface area contributed by atoms with Gasteiger partial charge in [-0.1, -0.05) is 56.2 Å².